The SMILES string of the molecule is CC/C=C\C/C=C\C/C=C\C/C=C\C/C=C\C/C=C\C/C=C\C/C=C\C/C=C\CCCCCCCCCCCCCC(=O)OC(COC(=O)CCCCCCC/C=C\CCCCCCC)COP(=O)(O)OCC[N+](C)(C)C. The molecule has 0 amide bonds. The van der Waals surface area contributed by atoms with Gasteiger partial charge in [0.1, 0.15) is 19.8 Å². The van der Waals surface area contributed by atoms with Gasteiger partial charge in [-0.1, -0.05) is 238 Å². The van der Waals surface area contributed by atoms with Gasteiger partial charge in [-0.15, -0.1) is 0 Å². The first-order chi connectivity index (χ1) is 37.5. The van der Waals surface area contributed by atoms with Crippen molar-refractivity contribution < 1.29 is 42.1 Å². The van der Waals surface area contributed by atoms with Gasteiger partial charge in [0.15, 0.2) is 6.10 Å². The van der Waals surface area contributed by atoms with Gasteiger partial charge in [-0.25, -0.2) is 4.57 Å². The molecule has 9 nitrogen and oxygen atoms in total. The average molecular weight is 1090 g/mol. The summed E-state index contributed by atoms with van der Waals surface area (Å²) >= 11 is 0. The number of quaternary nitrogens is 1. The molecule has 0 aliphatic rings. The summed E-state index contributed by atoms with van der Waals surface area (Å²) in [5.41, 5.74) is 0. The molecule has 2 unspecified atom stereocenters. The van der Waals surface area contributed by atoms with Crippen LogP contribution in [0.3, 0.4) is 0 Å². The summed E-state index contributed by atoms with van der Waals surface area (Å²) in [6.07, 6.45) is 81.4. The minimum absolute atomic E-state index is 0.0252. The summed E-state index contributed by atoms with van der Waals surface area (Å²) in [7, 11) is 1.46. The number of nitrogens with zero attached hydrogens (tertiary/aromatic N) is 1. The molecule has 0 aliphatic carbocycles. The molecule has 1 N–H and O–H groups in total. The predicted molar refractivity (Wildman–Crippen MR) is 330 cm³/mol. The Labute approximate surface area is 473 Å². The first-order valence-electron chi connectivity index (χ1n) is 30.8. The molecule has 0 saturated heterocycles. The van der Waals surface area contributed by atoms with E-state index in [4.69, 9.17) is 18.5 Å². The van der Waals surface area contributed by atoms with E-state index in [0.29, 0.717) is 17.4 Å². The lowest BCUT2D eigenvalue weighted by Gasteiger charge is -2.24. The molecule has 0 bridgehead atoms. The highest BCUT2D eigenvalue weighted by molar-refractivity contribution is 7.47. The summed E-state index contributed by atoms with van der Waals surface area (Å²) in [6, 6.07) is 0. The monoisotopic (exact) mass is 1090 g/mol. The lowest BCUT2D eigenvalue weighted by molar-refractivity contribution is -0.870. The number of phosphoric acid groups is 1. The molecule has 77 heavy (non-hydrogen) atoms. The standard InChI is InChI=1S/C67H114NO8P/c1-6-8-10-12-14-16-18-20-22-23-24-25-26-27-28-29-30-31-32-33-34-35-36-37-38-39-40-41-42-43-44-45-46-48-50-52-54-56-58-60-67(70)76-65(64-75-77(71,72)74-62-61-68(3,4)5)63-73-66(69)59-57-55-53-51-49-47-21-19-17-15-13-11-9-7-2/h8,10,14,16,19-22,24-25,27-28,30-31,33-34,36-37,39-40,65H,6-7,9,11-13,15,17-18,23,26,29,32,35,38,41-64H2,1-5H3/p+1/b10-8-,16-14-,21-19-,22-20-,25-24-,28-27-,31-30-,34-33-,37-36-,40-39-. The summed E-state index contributed by atoms with van der Waals surface area (Å²) in [4.78, 5) is 35.6. The van der Waals surface area contributed by atoms with Crippen LogP contribution in [0.2, 0.25) is 0 Å². The number of phosphoric ester groups is 1. The van der Waals surface area contributed by atoms with Crippen molar-refractivity contribution in [3.63, 3.8) is 0 Å². The molecule has 0 fully saturated rings. The molecule has 0 aromatic carbocycles. The molecule has 0 rings (SSSR count). The van der Waals surface area contributed by atoms with E-state index in [1.54, 1.807) is 0 Å². The zero-order valence-corrected chi connectivity index (χ0v) is 50.8. The maximum absolute atomic E-state index is 12.8. The Morgan fingerprint density at radius 1 is 0.416 bits per heavy atom. The third-order valence-electron chi connectivity index (χ3n) is 12.7. The van der Waals surface area contributed by atoms with Gasteiger partial charge < -0.3 is 18.9 Å². The molecule has 0 aliphatic heterocycles. The summed E-state index contributed by atoms with van der Waals surface area (Å²) < 4.78 is 34.5. The van der Waals surface area contributed by atoms with Crippen molar-refractivity contribution in [3.8, 4) is 0 Å². The first-order valence-corrected chi connectivity index (χ1v) is 32.3. The van der Waals surface area contributed by atoms with E-state index >= 15 is 0 Å². The Balaban J connectivity index is 4.08. The molecule has 2 atom stereocenters. The molecule has 10 heteroatoms. The van der Waals surface area contributed by atoms with Crippen LogP contribution in [0.25, 0.3) is 0 Å². The number of allylic oxidation sites excluding steroid dienone is 20. The van der Waals surface area contributed by atoms with E-state index in [0.717, 1.165) is 122 Å². The van der Waals surface area contributed by atoms with Crippen LogP contribution in [0.1, 0.15) is 239 Å². The highest BCUT2D eigenvalue weighted by Gasteiger charge is 2.27. The molecule has 0 saturated carbocycles. The summed E-state index contributed by atoms with van der Waals surface area (Å²) in [5.74, 6) is -0.815. The molecule has 0 radical (unpaired) electrons. The topological polar surface area (TPSA) is 108 Å². The number of esters is 2. The minimum Gasteiger partial charge on any atom is -0.462 e. The first kappa shape index (κ1) is 73.4. The number of carbonyl (C=O) groups excluding carboxylic acids is 2. The molecular weight excluding hydrogens is 978 g/mol. The van der Waals surface area contributed by atoms with Crippen molar-refractivity contribution in [2.45, 2.75) is 245 Å². The number of likely N-dealkylation sites (N-methyl/N-ethyl adjacent to an activating group) is 1. The van der Waals surface area contributed by atoms with E-state index in [1.165, 1.54) is 83.5 Å². The van der Waals surface area contributed by atoms with E-state index in [1.807, 2.05) is 21.1 Å². The van der Waals surface area contributed by atoms with Gasteiger partial charge in [0, 0.05) is 12.8 Å². The number of unbranched alkanes of at least 4 members (excludes halogenated alkanes) is 21. The Morgan fingerprint density at radius 2 is 0.740 bits per heavy atom. The number of hydrogen-bond donors (Lipinski definition) is 1. The van der Waals surface area contributed by atoms with Gasteiger partial charge in [-0.2, -0.15) is 0 Å². The average Bonchev–Trinajstić information content (AvgIpc) is 3.39. The van der Waals surface area contributed by atoms with Crippen molar-refractivity contribution in [3.05, 3.63) is 122 Å². The van der Waals surface area contributed by atoms with Crippen LogP contribution in [0.15, 0.2) is 122 Å². The summed E-state index contributed by atoms with van der Waals surface area (Å²) in [5, 5.41) is 0. The lowest BCUT2D eigenvalue weighted by atomic mass is 10.0. The molecule has 0 aromatic rings. The Bertz CT molecular complexity index is 1710. The van der Waals surface area contributed by atoms with Crippen LogP contribution < -0.4 is 0 Å². The molecule has 0 heterocycles. The highest BCUT2D eigenvalue weighted by atomic mass is 31.2. The van der Waals surface area contributed by atoms with Crippen molar-refractivity contribution in [1.29, 1.82) is 0 Å². The fraction of sp³-hybridized carbons (Fsp3) is 0.672. The van der Waals surface area contributed by atoms with Crippen LogP contribution in [0.4, 0.5) is 0 Å². The second kappa shape index (κ2) is 57.1. The molecule has 0 aromatic heterocycles. The van der Waals surface area contributed by atoms with E-state index < -0.39 is 26.5 Å². The quantitative estimate of drug-likeness (QED) is 0.0211. The van der Waals surface area contributed by atoms with Gasteiger partial charge in [0.05, 0.1) is 27.7 Å². The van der Waals surface area contributed by atoms with Crippen molar-refractivity contribution in [2.24, 2.45) is 0 Å². The fourth-order valence-corrected chi connectivity index (χ4v) is 8.74. The third-order valence-corrected chi connectivity index (χ3v) is 13.7. The van der Waals surface area contributed by atoms with Crippen molar-refractivity contribution >= 4 is 19.8 Å². The van der Waals surface area contributed by atoms with E-state index in [-0.39, 0.29) is 32.0 Å². The molecule has 440 valence electrons. The van der Waals surface area contributed by atoms with Gasteiger partial charge in [0.25, 0.3) is 0 Å². The van der Waals surface area contributed by atoms with Gasteiger partial charge >= 0.3 is 19.8 Å². The van der Waals surface area contributed by atoms with Gasteiger partial charge in [-0.3, -0.25) is 18.6 Å². The zero-order chi connectivity index (χ0) is 56.3. The maximum atomic E-state index is 12.8. The van der Waals surface area contributed by atoms with Crippen LogP contribution >= 0.6 is 7.82 Å². The molecule has 0 spiro atoms. The van der Waals surface area contributed by atoms with Crippen LogP contribution in [0, 0.1) is 0 Å². The Kier molecular flexibility index (Phi) is 54.4. The number of carbonyl (C=O) groups is 2. The second-order valence-electron chi connectivity index (χ2n) is 21.4. The minimum atomic E-state index is -4.39. The Morgan fingerprint density at radius 3 is 1.12 bits per heavy atom. The highest BCUT2D eigenvalue weighted by Crippen LogP contribution is 2.43. The van der Waals surface area contributed by atoms with Gasteiger partial charge in [-0.05, 0) is 109 Å². The number of rotatable bonds is 55. The fourth-order valence-electron chi connectivity index (χ4n) is 8.00. The maximum Gasteiger partial charge on any atom is 0.472 e. The normalized spacial score (nSPS) is 14.1. The third kappa shape index (κ3) is 61.5. The van der Waals surface area contributed by atoms with Crippen LogP contribution in [-0.4, -0.2) is 74.9 Å². The lowest BCUT2D eigenvalue weighted by Crippen LogP contribution is -2.37. The van der Waals surface area contributed by atoms with Crippen LogP contribution in [0.5, 0.6) is 0 Å². The Hall–Kier alpha value is -3.59. The van der Waals surface area contributed by atoms with Crippen molar-refractivity contribution in [2.75, 3.05) is 47.5 Å². The van der Waals surface area contributed by atoms with E-state index in [9.17, 15) is 19.0 Å². The second-order valence-corrected chi connectivity index (χ2v) is 22.8. The number of ether oxygens (including phenoxy) is 2. The smallest absolute Gasteiger partial charge is 0.462 e. The molecular formula is C67H115NO8P+. The predicted octanol–water partition coefficient (Wildman–Crippen LogP) is 19.5. The van der Waals surface area contributed by atoms with E-state index in [2.05, 4.69) is 135 Å². The zero-order valence-electron chi connectivity index (χ0n) is 49.9. The van der Waals surface area contributed by atoms with Crippen molar-refractivity contribution in [1.82, 2.24) is 0 Å². The van der Waals surface area contributed by atoms with Crippen LogP contribution in [-0.2, 0) is 32.7 Å². The largest absolute Gasteiger partial charge is 0.472 e. The van der Waals surface area contributed by atoms with Gasteiger partial charge in [0.2, 0.25) is 0 Å². The number of hydrogen-bond acceptors (Lipinski definition) is 7. The summed E-state index contributed by atoms with van der Waals surface area (Å²) in [6.45, 7) is 4.29.